The number of anilines is 1. The molecule has 3 rings (SSSR count). The summed E-state index contributed by atoms with van der Waals surface area (Å²) in [7, 11) is -3.99. The van der Waals surface area contributed by atoms with Gasteiger partial charge in [0.2, 0.25) is 0 Å². The molecular formula is C20H16F6N4O7S. The average Bonchev–Trinajstić information content (AvgIpc) is 2.80. The summed E-state index contributed by atoms with van der Waals surface area (Å²) in [6.07, 6.45) is -4.92. The Bertz CT molecular complexity index is 1590. The van der Waals surface area contributed by atoms with E-state index in [1.807, 2.05) is 0 Å². The maximum Gasteiger partial charge on any atom is 0.534 e. The molecule has 0 saturated carbocycles. The average molecular weight is 570 g/mol. The van der Waals surface area contributed by atoms with Crippen molar-refractivity contribution >= 4 is 32.4 Å². The molecule has 0 saturated heterocycles. The third-order valence-electron chi connectivity index (χ3n) is 5.15. The first kappa shape index (κ1) is 28.5. The molecule has 0 aliphatic carbocycles. The first-order chi connectivity index (χ1) is 17.4. The number of nitrogens with one attached hydrogen (secondary N) is 1. The van der Waals surface area contributed by atoms with Gasteiger partial charge >= 0.3 is 21.8 Å². The van der Waals surface area contributed by atoms with Crippen LogP contribution >= 0.6 is 0 Å². The van der Waals surface area contributed by atoms with Crippen LogP contribution in [0.5, 0.6) is 11.5 Å². The van der Waals surface area contributed by atoms with Crippen LogP contribution in [0.3, 0.4) is 0 Å². The highest BCUT2D eigenvalue weighted by Gasteiger charge is 2.49. The zero-order valence-corrected chi connectivity index (χ0v) is 20.2. The molecule has 1 N–H and O–H groups in total. The lowest BCUT2D eigenvalue weighted by Gasteiger charge is -2.19. The first-order valence-electron chi connectivity index (χ1n) is 10.1. The second-order valence-electron chi connectivity index (χ2n) is 7.74. The molecular weight excluding hydrogens is 554 g/mol. The molecule has 1 heterocycles. The third kappa shape index (κ3) is 5.58. The number of nitrogens with zero attached hydrogens (tertiary/aromatic N) is 3. The number of hydrogen-bond donors (Lipinski definition) is 1. The van der Waals surface area contributed by atoms with Gasteiger partial charge in [0.1, 0.15) is 0 Å². The second kappa shape index (κ2) is 9.66. The van der Waals surface area contributed by atoms with Gasteiger partial charge < -0.3 is 14.2 Å². The summed E-state index contributed by atoms with van der Waals surface area (Å²) >= 11 is 0. The van der Waals surface area contributed by atoms with Crippen molar-refractivity contribution in [3.63, 3.8) is 0 Å². The molecule has 0 bridgehead atoms. The van der Waals surface area contributed by atoms with Gasteiger partial charge in [0.15, 0.2) is 17.3 Å². The summed E-state index contributed by atoms with van der Waals surface area (Å²) in [5, 5.41) is 17.2. The summed E-state index contributed by atoms with van der Waals surface area (Å²) in [5.74, 6) is -1.81. The zero-order valence-electron chi connectivity index (χ0n) is 19.3. The fraction of sp³-hybridized carbons (Fsp3) is 0.300. The molecule has 2 aromatic carbocycles. The van der Waals surface area contributed by atoms with Gasteiger partial charge in [-0.25, -0.2) is 4.68 Å². The van der Waals surface area contributed by atoms with E-state index >= 15 is 0 Å². The molecule has 206 valence electrons. The predicted molar refractivity (Wildman–Crippen MR) is 119 cm³/mol. The number of fused-ring (bicyclic) bond motifs is 1. The number of benzene rings is 2. The minimum atomic E-state index is -6.16. The number of rotatable bonds is 7. The number of aromatic nitrogens is 2. The van der Waals surface area contributed by atoms with Gasteiger partial charge in [0.25, 0.3) is 11.2 Å². The molecule has 18 heteroatoms. The molecule has 0 aliphatic rings. The number of aryl methyl sites for hydroxylation is 1. The van der Waals surface area contributed by atoms with Crippen LogP contribution in [0, 0.1) is 10.1 Å². The van der Waals surface area contributed by atoms with E-state index in [0.717, 1.165) is 30.0 Å². The highest BCUT2D eigenvalue weighted by atomic mass is 32.2. The molecule has 0 unspecified atom stereocenters. The minimum absolute atomic E-state index is 0.222. The van der Waals surface area contributed by atoms with Gasteiger partial charge in [0, 0.05) is 24.6 Å². The lowest BCUT2D eigenvalue weighted by molar-refractivity contribution is -0.385. The molecule has 0 aliphatic heterocycles. The van der Waals surface area contributed by atoms with Crippen molar-refractivity contribution in [2.45, 2.75) is 24.7 Å². The van der Waals surface area contributed by atoms with Crippen molar-refractivity contribution in [3.8, 4) is 11.5 Å². The van der Waals surface area contributed by atoms with E-state index < -0.39 is 61.1 Å². The molecule has 3 aromatic rings. The van der Waals surface area contributed by atoms with Crippen molar-refractivity contribution in [1.29, 1.82) is 0 Å². The topological polar surface area (TPSA) is 143 Å². The summed E-state index contributed by atoms with van der Waals surface area (Å²) in [6, 6.07) is 2.32. The summed E-state index contributed by atoms with van der Waals surface area (Å²) in [4.78, 5) is 22.8. The number of halogens is 6. The van der Waals surface area contributed by atoms with Crippen LogP contribution in [0.15, 0.2) is 35.1 Å². The maximum absolute atomic E-state index is 13.3. The fourth-order valence-corrected chi connectivity index (χ4v) is 3.76. The smallest absolute Gasteiger partial charge is 0.493 e. The molecule has 0 radical (unpaired) electrons. The number of ether oxygens (including phenoxy) is 1. The molecule has 38 heavy (non-hydrogen) atoms. The molecule has 1 atom stereocenters. The SMILES string of the molecule is COc1cc2c(=O)n(C)nc(N[C@H](C)c3cc([N+](=O)[O-])cc(C(F)(F)F)c3)c2cc1OS(=O)(=O)C(F)(F)F. The molecule has 11 nitrogen and oxygen atoms in total. The highest BCUT2D eigenvalue weighted by Crippen LogP contribution is 2.38. The van der Waals surface area contributed by atoms with Gasteiger partial charge in [0.05, 0.1) is 29.0 Å². The van der Waals surface area contributed by atoms with Gasteiger partial charge in [-0.3, -0.25) is 14.9 Å². The van der Waals surface area contributed by atoms with Crippen molar-refractivity contribution in [1.82, 2.24) is 9.78 Å². The van der Waals surface area contributed by atoms with E-state index in [1.165, 1.54) is 14.0 Å². The predicted octanol–water partition coefficient (Wildman–Crippen LogP) is 4.27. The largest absolute Gasteiger partial charge is 0.534 e. The van der Waals surface area contributed by atoms with E-state index in [0.29, 0.717) is 12.1 Å². The summed E-state index contributed by atoms with van der Waals surface area (Å²) < 4.78 is 111. The van der Waals surface area contributed by atoms with E-state index in [-0.39, 0.29) is 22.2 Å². The highest BCUT2D eigenvalue weighted by molar-refractivity contribution is 7.88. The van der Waals surface area contributed by atoms with Crippen molar-refractivity contribution < 1.29 is 48.6 Å². The molecule has 1 aromatic heterocycles. The number of alkyl halides is 6. The van der Waals surface area contributed by atoms with E-state index in [1.54, 1.807) is 0 Å². The Hall–Kier alpha value is -4.09. The monoisotopic (exact) mass is 570 g/mol. The quantitative estimate of drug-likeness (QED) is 0.145. The van der Waals surface area contributed by atoms with E-state index in [9.17, 15) is 49.7 Å². The van der Waals surface area contributed by atoms with Crippen LogP contribution in [0.2, 0.25) is 0 Å². The number of nitro groups is 1. The first-order valence-corrected chi connectivity index (χ1v) is 11.5. The van der Waals surface area contributed by atoms with Crippen LogP contribution in [0.4, 0.5) is 37.8 Å². The Balaban J connectivity index is 2.19. The summed E-state index contributed by atoms with van der Waals surface area (Å²) in [6.45, 7) is 1.30. The second-order valence-corrected chi connectivity index (χ2v) is 9.28. The van der Waals surface area contributed by atoms with Crippen LogP contribution in [-0.4, -0.2) is 35.7 Å². The van der Waals surface area contributed by atoms with Crippen LogP contribution in [0.1, 0.15) is 24.1 Å². The Kier molecular flexibility index (Phi) is 7.24. The lowest BCUT2D eigenvalue weighted by Crippen LogP contribution is -2.28. The Morgan fingerprint density at radius 1 is 1.05 bits per heavy atom. The van der Waals surface area contributed by atoms with Crippen LogP contribution in [-0.2, 0) is 23.3 Å². The number of nitro benzene ring substituents is 1. The zero-order chi connectivity index (χ0) is 28.8. The molecule has 0 spiro atoms. The Morgan fingerprint density at radius 2 is 1.66 bits per heavy atom. The maximum atomic E-state index is 13.3. The Morgan fingerprint density at radius 3 is 2.18 bits per heavy atom. The van der Waals surface area contributed by atoms with Crippen molar-refractivity contribution in [2.75, 3.05) is 12.4 Å². The molecule has 0 amide bonds. The van der Waals surface area contributed by atoms with E-state index in [2.05, 4.69) is 14.6 Å². The van der Waals surface area contributed by atoms with Gasteiger partial charge in [-0.15, -0.1) is 0 Å². The number of hydrogen-bond acceptors (Lipinski definition) is 9. The normalized spacial score (nSPS) is 13.3. The lowest BCUT2D eigenvalue weighted by atomic mass is 10.0. The van der Waals surface area contributed by atoms with Crippen LogP contribution in [0.25, 0.3) is 10.8 Å². The van der Waals surface area contributed by atoms with Gasteiger partial charge in [-0.2, -0.15) is 39.9 Å². The number of methoxy groups -OCH3 is 1. The number of non-ortho nitro benzene ring substituents is 1. The minimum Gasteiger partial charge on any atom is -0.493 e. The Labute approximate surface area is 208 Å². The van der Waals surface area contributed by atoms with Crippen molar-refractivity contribution in [2.24, 2.45) is 7.05 Å². The van der Waals surface area contributed by atoms with Crippen molar-refractivity contribution in [3.05, 3.63) is 61.9 Å². The third-order valence-corrected chi connectivity index (χ3v) is 6.11. The van der Waals surface area contributed by atoms with Gasteiger partial charge in [-0.1, -0.05) is 0 Å². The molecule has 0 fully saturated rings. The fourth-order valence-electron chi connectivity index (χ4n) is 3.30. The summed E-state index contributed by atoms with van der Waals surface area (Å²) in [5.41, 5.74) is -8.99. The standard InChI is InChI=1S/C20H16F6N4O7S/c1-9(10-4-11(19(21,22)23)6-12(5-10)30(32)33)27-17-13-7-16(37-38(34,35)20(24,25)26)15(36-3)8-14(13)18(31)29(2)28-17/h4-9H,1-3H3,(H,27,28)/t9-/m1/s1. The van der Waals surface area contributed by atoms with E-state index in [4.69, 9.17) is 4.74 Å². The van der Waals surface area contributed by atoms with Gasteiger partial charge in [-0.05, 0) is 30.7 Å². The van der Waals surface area contributed by atoms with Crippen LogP contribution < -0.4 is 19.8 Å².